The normalized spacial score (nSPS) is 16.1. The number of hydrogen-bond acceptors (Lipinski definition) is 4. The van der Waals surface area contributed by atoms with E-state index in [-0.39, 0.29) is 33.8 Å². The Balaban J connectivity index is 1.35. The Bertz CT molecular complexity index is 3770. The summed E-state index contributed by atoms with van der Waals surface area (Å²) in [5.41, 5.74) is -1.08. The Kier molecular flexibility index (Phi) is 3.76. The highest BCUT2D eigenvalue weighted by molar-refractivity contribution is 6.11. The summed E-state index contributed by atoms with van der Waals surface area (Å²) in [5.74, 6) is -0.0321. The van der Waals surface area contributed by atoms with Crippen LogP contribution in [0.1, 0.15) is 21.9 Å². The number of benzene rings is 7. The fourth-order valence-electron chi connectivity index (χ4n) is 6.08. The summed E-state index contributed by atoms with van der Waals surface area (Å²) < 4.78 is 150. The van der Waals surface area contributed by atoms with E-state index in [4.69, 9.17) is 33.1 Å². The van der Waals surface area contributed by atoms with Gasteiger partial charge in [0.05, 0.1) is 38.7 Å². The second-order valence-corrected chi connectivity index (χ2v) is 11.2. The Labute approximate surface area is 310 Å². The van der Waals surface area contributed by atoms with Gasteiger partial charge in [-0.05, 0) is 54.0 Å². The number of furan rings is 1. The summed E-state index contributed by atoms with van der Waals surface area (Å²) in [4.78, 5) is 14.2. The standard InChI is InChI=1S/C45H28N4O/c1-3-13-29(14-4-1)33-17-7-10-20-38(33)49-39-21-11-8-18-34(39)37-27-31(24-26-40(37)49)44-46-43(30-15-5-2-6-16-30)47-45(48-44)32-23-25-36-35-19-9-12-22-41(35)50-42(36)28-32/h1-28H/i1D,3D,4D,7D,8D,10D,11D,13D,14D,17D,18D,20D,21D,24D,26D,27D. The molecule has 3 aromatic heterocycles. The summed E-state index contributed by atoms with van der Waals surface area (Å²) >= 11 is 0. The third-order valence-electron chi connectivity index (χ3n) is 8.33. The van der Waals surface area contributed by atoms with E-state index < -0.39 is 125 Å². The monoisotopic (exact) mass is 656 g/mol. The molecule has 0 aliphatic rings. The zero-order chi connectivity index (χ0) is 46.9. The van der Waals surface area contributed by atoms with E-state index >= 15 is 0 Å². The van der Waals surface area contributed by atoms with Gasteiger partial charge in [-0.3, -0.25) is 0 Å². The lowest BCUT2D eigenvalue weighted by atomic mass is 10.0. The van der Waals surface area contributed by atoms with Gasteiger partial charge in [0.1, 0.15) is 11.2 Å². The quantitative estimate of drug-likeness (QED) is 0.185. The predicted molar refractivity (Wildman–Crippen MR) is 203 cm³/mol. The number of fused-ring (bicyclic) bond motifs is 6. The highest BCUT2D eigenvalue weighted by Gasteiger charge is 2.18. The number of hydrogen-bond donors (Lipinski definition) is 0. The van der Waals surface area contributed by atoms with Gasteiger partial charge in [-0.1, -0.05) is 121 Å². The summed E-state index contributed by atoms with van der Waals surface area (Å²) in [5, 5.41) is 0.998. The van der Waals surface area contributed by atoms with E-state index in [0.29, 0.717) is 22.3 Å². The van der Waals surface area contributed by atoms with Gasteiger partial charge in [-0.25, -0.2) is 15.0 Å². The minimum Gasteiger partial charge on any atom is -0.456 e. The van der Waals surface area contributed by atoms with Crippen LogP contribution in [0.15, 0.2) is 174 Å². The fraction of sp³-hybridized carbons (Fsp3) is 0. The van der Waals surface area contributed by atoms with Gasteiger partial charge in [-0.15, -0.1) is 0 Å². The topological polar surface area (TPSA) is 56.7 Å². The van der Waals surface area contributed by atoms with Crippen molar-refractivity contribution in [3.63, 3.8) is 0 Å². The average molecular weight is 657 g/mol. The van der Waals surface area contributed by atoms with Crippen molar-refractivity contribution >= 4 is 43.7 Å². The number of aromatic nitrogens is 4. The van der Waals surface area contributed by atoms with Crippen molar-refractivity contribution in [3.05, 3.63) is 169 Å². The van der Waals surface area contributed by atoms with E-state index in [1.165, 1.54) is 0 Å². The largest absolute Gasteiger partial charge is 0.456 e. The fourth-order valence-corrected chi connectivity index (χ4v) is 6.08. The first-order valence-corrected chi connectivity index (χ1v) is 15.4. The Morgan fingerprint density at radius 3 is 2.02 bits per heavy atom. The summed E-state index contributed by atoms with van der Waals surface area (Å²) in [6.07, 6.45) is 0. The first-order valence-electron chi connectivity index (χ1n) is 23.4. The molecular weight excluding hydrogens is 613 g/mol. The first kappa shape index (κ1) is 16.5. The van der Waals surface area contributed by atoms with Crippen molar-refractivity contribution in [3.8, 4) is 51.0 Å². The molecule has 5 nitrogen and oxygen atoms in total. The molecule has 0 saturated carbocycles. The van der Waals surface area contributed by atoms with Crippen LogP contribution in [0.5, 0.6) is 0 Å². The molecule has 0 radical (unpaired) electrons. The van der Waals surface area contributed by atoms with Gasteiger partial charge in [0.15, 0.2) is 17.5 Å². The number of para-hydroxylation sites is 3. The lowest BCUT2D eigenvalue weighted by molar-refractivity contribution is 0.669. The molecule has 0 aliphatic heterocycles. The van der Waals surface area contributed by atoms with Crippen LogP contribution < -0.4 is 0 Å². The molecule has 0 aliphatic carbocycles. The van der Waals surface area contributed by atoms with Crippen LogP contribution >= 0.6 is 0 Å². The van der Waals surface area contributed by atoms with Crippen molar-refractivity contribution in [2.75, 3.05) is 0 Å². The highest BCUT2D eigenvalue weighted by Crippen LogP contribution is 2.38. The minimum atomic E-state index is -0.874. The van der Waals surface area contributed by atoms with E-state index in [9.17, 15) is 8.22 Å². The highest BCUT2D eigenvalue weighted by atomic mass is 16.3. The van der Waals surface area contributed by atoms with Crippen molar-refractivity contribution in [1.82, 2.24) is 19.5 Å². The third kappa shape index (κ3) is 4.60. The van der Waals surface area contributed by atoms with Crippen LogP contribution in [0.2, 0.25) is 0 Å². The van der Waals surface area contributed by atoms with Gasteiger partial charge < -0.3 is 8.98 Å². The van der Waals surface area contributed by atoms with Gasteiger partial charge >= 0.3 is 0 Å². The van der Waals surface area contributed by atoms with E-state index in [1.54, 1.807) is 42.5 Å². The lowest BCUT2D eigenvalue weighted by Gasteiger charge is -2.14. The average Bonchev–Trinajstić information content (AvgIpc) is 3.88. The molecule has 10 rings (SSSR count). The van der Waals surface area contributed by atoms with Crippen molar-refractivity contribution in [2.24, 2.45) is 0 Å². The molecule has 0 bridgehead atoms. The summed E-state index contributed by atoms with van der Waals surface area (Å²) in [6.45, 7) is 0. The van der Waals surface area contributed by atoms with Crippen LogP contribution in [0.25, 0.3) is 94.7 Å². The maximum absolute atomic E-state index is 9.86. The zero-order valence-electron chi connectivity index (χ0n) is 41.6. The molecule has 5 heteroatoms. The zero-order valence-corrected chi connectivity index (χ0v) is 25.6. The van der Waals surface area contributed by atoms with Gasteiger partial charge in [0, 0.05) is 43.8 Å². The molecule has 0 amide bonds. The molecule has 0 fully saturated rings. The molecule has 0 saturated heterocycles. The minimum absolute atomic E-state index is 0.0968. The predicted octanol–water partition coefficient (Wildman–Crippen LogP) is 11.5. The molecule has 234 valence electrons. The van der Waals surface area contributed by atoms with Crippen molar-refractivity contribution < 1.29 is 26.3 Å². The van der Waals surface area contributed by atoms with Crippen LogP contribution in [-0.4, -0.2) is 19.5 Å². The number of rotatable bonds is 5. The van der Waals surface area contributed by atoms with E-state index in [0.717, 1.165) is 15.3 Å². The summed E-state index contributed by atoms with van der Waals surface area (Å²) in [6, 6.07) is 9.09. The molecule has 0 N–H and O–H groups in total. The SMILES string of the molecule is [2H]c1c([2H])c([2H])c(-c2c([2H])c([2H])c([2H])c([2H])c2-n2c3c([2H])c([2H])c([2H])c([2H])c3c3c([2H])c(-c4nc(-c5ccccc5)nc(-c5ccc6c(c5)oc5ccccc56)n4)c([2H])c([2H])c32)c([2H])c1[2H]. The Morgan fingerprint density at radius 1 is 0.460 bits per heavy atom. The molecular formula is C45H28N4O. The molecule has 7 aromatic carbocycles. The van der Waals surface area contributed by atoms with Gasteiger partial charge in [-0.2, -0.15) is 0 Å². The maximum atomic E-state index is 9.86. The molecule has 10 aromatic rings. The van der Waals surface area contributed by atoms with Crippen molar-refractivity contribution in [1.29, 1.82) is 0 Å². The first-order chi connectivity index (χ1) is 31.4. The molecule has 0 atom stereocenters. The van der Waals surface area contributed by atoms with Crippen LogP contribution in [0.4, 0.5) is 0 Å². The lowest BCUT2D eigenvalue weighted by Crippen LogP contribution is -2.00. The van der Waals surface area contributed by atoms with Gasteiger partial charge in [0.25, 0.3) is 0 Å². The maximum Gasteiger partial charge on any atom is 0.164 e. The Morgan fingerprint density at radius 2 is 1.14 bits per heavy atom. The molecule has 3 heterocycles. The van der Waals surface area contributed by atoms with Crippen molar-refractivity contribution in [2.45, 2.75) is 0 Å². The summed E-state index contributed by atoms with van der Waals surface area (Å²) in [7, 11) is 0. The smallest absolute Gasteiger partial charge is 0.164 e. The van der Waals surface area contributed by atoms with Crippen LogP contribution in [0, 0.1) is 0 Å². The molecule has 0 unspecified atom stereocenters. The second kappa shape index (κ2) is 11.4. The van der Waals surface area contributed by atoms with Crippen LogP contribution in [-0.2, 0) is 0 Å². The van der Waals surface area contributed by atoms with E-state index in [2.05, 4.69) is 0 Å². The van der Waals surface area contributed by atoms with E-state index in [1.807, 2.05) is 30.3 Å². The number of nitrogens with zero attached hydrogens (tertiary/aromatic N) is 4. The molecule has 0 spiro atoms. The second-order valence-electron chi connectivity index (χ2n) is 11.2. The third-order valence-corrected chi connectivity index (χ3v) is 8.33. The molecule has 50 heavy (non-hydrogen) atoms. The van der Waals surface area contributed by atoms with Gasteiger partial charge in [0.2, 0.25) is 0 Å². The Hall–Kier alpha value is -6.85. The van der Waals surface area contributed by atoms with Crippen LogP contribution in [0.3, 0.4) is 0 Å².